The highest BCUT2D eigenvalue weighted by atomic mass is 32.1. The third-order valence-corrected chi connectivity index (χ3v) is 7.36. The molecule has 0 atom stereocenters. The molecule has 1 saturated heterocycles. The van der Waals surface area contributed by atoms with E-state index < -0.39 is 0 Å². The Bertz CT molecular complexity index is 1140. The minimum absolute atomic E-state index is 0.171. The van der Waals surface area contributed by atoms with Crippen molar-refractivity contribution in [3.63, 3.8) is 0 Å². The van der Waals surface area contributed by atoms with Gasteiger partial charge in [-0.2, -0.15) is 9.61 Å². The fourth-order valence-electron chi connectivity index (χ4n) is 4.54. The Hall–Kier alpha value is -2.74. The van der Waals surface area contributed by atoms with Gasteiger partial charge in [0.05, 0.1) is 0 Å². The van der Waals surface area contributed by atoms with Crippen molar-refractivity contribution >= 4 is 28.0 Å². The van der Waals surface area contributed by atoms with E-state index in [-0.39, 0.29) is 11.5 Å². The van der Waals surface area contributed by atoms with Gasteiger partial charge >= 0.3 is 0 Å². The maximum absolute atomic E-state index is 12.8. The van der Waals surface area contributed by atoms with Gasteiger partial charge in [0.1, 0.15) is 10.8 Å². The van der Waals surface area contributed by atoms with E-state index in [0.29, 0.717) is 42.9 Å². The molecule has 1 aliphatic carbocycles. The summed E-state index contributed by atoms with van der Waals surface area (Å²) >= 11 is 1.42. The van der Waals surface area contributed by atoms with Gasteiger partial charge in [-0.15, -0.1) is 0 Å². The molecule has 3 aromatic rings. The van der Waals surface area contributed by atoms with Crippen molar-refractivity contribution in [1.29, 1.82) is 0 Å². The number of hydrogen-bond donors (Lipinski definition) is 0. The van der Waals surface area contributed by atoms with Crippen molar-refractivity contribution in [2.45, 2.75) is 39.0 Å². The van der Waals surface area contributed by atoms with Crippen LogP contribution in [0.4, 0.5) is 5.82 Å². The molecule has 0 unspecified atom stereocenters. The number of nitrogens with zero attached hydrogens (tertiary/aromatic N) is 5. The summed E-state index contributed by atoms with van der Waals surface area (Å²) in [6.07, 6.45) is 5.66. The first-order valence-corrected chi connectivity index (χ1v) is 11.9. The minimum Gasteiger partial charge on any atom is -0.353 e. The average Bonchev–Trinajstić information content (AvgIpc) is 3.25. The van der Waals surface area contributed by atoms with Crippen LogP contribution in [-0.2, 0) is 4.79 Å². The molecule has 3 heterocycles. The van der Waals surface area contributed by atoms with Crippen molar-refractivity contribution in [3.8, 4) is 10.6 Å². The first-order valence-electron chi connectivity index (χ1n) is 11.1. The van der Waals surface area contributed by atoms with Crippen LogP contribution in [0, 0.1) is 12.8 Å². The lowest BCUT2D eigenvalue weighted by molar-refractivity contribution is -0.136. The topological polar surface area (TPSA) is 70.8 Å². The third-order valence-electron chi connectivity index (χ3n) is 6.40. The Morgan fingerprint density at radius 1 is 1.03 bits per heavy atom. The molecule has 2 fully saturated rings. The molecule has 0 radical (unpaired) electrons. The van der Waals surface area contributed by atoms with Gasteiger partial charge in [0.2, 0.25) is 10.9 Å². The Morgan fingerprint density at radius 3 is 2.45 bits per heavy atom. The summed E-state index contributed by atoms with van der Waals surface area (Å²) in [5, 5.41) is 5.26. The van der Waals surface area contributed by atoms with Crippen molar-refractivity contribution in [1.82, 2.24) is 19.5 Å². The largest absolute Gasteiger partial charge is 0.353 e. The fourth-order valence-corrected chi connectivity index (χ4v) is 5.44. The molecule has 2 aromatic heterocycles. The molecule has 31 heavy (non-hydrogen) atoms. The molecule has 8 heteroatoms. The van der Waals surface area contributed by atoms with Crippen LogP contribution in [0.15, 0.2) is 35.1 Å². The summed E-state index contributed by atoms with van der Waals surface area (Å²) in [7, 11) is 0. The van der Waals surface area contributed by atoms with Gasteiger partial charge in [-0.25, -0.2) is 4.98 Å². The summed E-state index contributed by atoms with van der Waals surface area (Å²) in [5.41, 5.74) is 2.00. The van der Waals surface area contributed by atoms with E-state index >= 15 is 0 Å². The first kappa shape index (κ1) is 20.2. The van der Waals surface area contributed by atoms with Crippen LogP contribution in [0.3, 0.4) is 0 Å². The van der Waals surface area contributed by atoms with Crippen LogP contribution in [0.1, 0.15) is 37.7 Å². The van der Waals surface area contributed by atoms with Gasteiger partial charge in [0.25, 0.3) is 5.56 Å². The lowest BCUT2D eigenvalue weighted by Gasteiger charge is -2.37. The number of benzene rings is 1. The van der Waals surface area contributed by atoms with Crippen LogP contribution in [0.2, 0.25) is 0 Å². The lowest BCUT2D eigenvalue weighted by Crippen LogP contribution is -2.51. The maximum atomic E-state index is 12.8. The third kappa shape index (κ3) is 4.08. The molecule has 1 saturated carbocycles. The molecule has 1 aromatic carbocycles. The zero-order valence-electron chi connectivity index (χ0n) is 17.8. The molecule has 0 N–H and O–H groups in total. The predicted molar refractivity (Wildman–Crippen MR) is 123 cm³/mol. The molecule has 162 valence electrons. The molecule has 1 amide bonds. The molecular formula is C23H27N5O2S. The Morgan fingerprint density at radius 2 is 1.74 bits per heavy atom. The smallest absolute Gasteiger partial charge is 0.277 e. The number of hydrogen-bond acceptors (Lipinski definition) is 6. The van der Waals surface area contributed by atoms with Gasteiger partial charge < -0.3 is 9.80 Å². The Balaban J connectivity index is 1.32. The lowest BCUT2D eigenvalue weighted by atomic mass is 9.88. The highest BCUT2D eigenvalue weighted by molar-refractivity contribution is 7.19. The van der Waals surface area contributed by atoms with Crippen LogP contribution < -0.4 is 10.5 Å². The molecule has 0 bridgehead atoms. The second kappa shape index (κ2) is 8.42. The van der Waals surface area contributed by atoms with E-state index in [9.17, 15) is 9.59 Å². The van der Waals surface area contributed by atoms with Gasteiger partial charge in [-0.05, 0) is 19.8 Å². The van der Waals surface area contributed by atoms with E-state index in [0.717, 1.165) is 23.4 Å². The summed E-state index contributed by atoms with van der Waals surface area (Å²) in [6, 6.07) is 9.67. The number of fused-ring (bicyclic) bond motifs is 1. The number of carbonyl (C=O) groups is 1. The van der Waals surface area contributed by atoms with E-state index in [1.165, 1.54) is 40.7 Å². The number of carbonyl (C=O) groups excluding carboxylic acids is 1. The van der Waals surface area contributed by atoms with E-state index in [2.05, 4.69) is 10.00 Å². The van der Waals surface area contributed by atoms with Crippen LogP contribution >= 0.6 is 11.3 Å². The Kier molecular flexibility index (Phi) is 5.48. The van der Waals surface area contributed by atoms with E-state index in [1.54, 1.807) is 6.07 Å². The standard InChI is InChI=1S/C23H27N5O2S/c1-16-7-9-17(10-8-16)21-25-28-20(29)15-19(24-23(28)31-21)26-11-13-27(14-12-26)22(30)18-5-3-2-4-6-18/h7-10,15,18H,2-6,11-14H2,1H3. The van der Waals surface area contributed by atoms with Crippen LogP contribution in [0.25, 0.3) is 15.5 Å². The van der Waals surface area contributed by atoms with Gasteiger partial charge in [-0.1, -0.05) is 60.4 Å². The molecule has 2 aliphatic rings. The highest BCUT2D eigenvalue weighted by Crippen LogP contribution is 2.27. The van der Waals surface area contributed by atoms with Crippen molar-refractivity contribution < 1.29 is 4.79 Å². The predicted octanol–water partition coefficient (Wildman–Crippen LogP) is 3.36. The average molecular weight is 438 g/mol. The first-order chi connectivity index (χ1) is 15.1. The normalized spacial score (nSPS) is 18.0. The number of aryl methyl sites for hydroxylation is 1. The van der Waals surface area contributed by atoms with Crippen molar-refractivity contribution in [3.05, 3.63) is 46.2 Å². The molecule has 7 nitrogen and oxygen atoms in total. The van der Waals surface area contributed by atoms with Crippen LogP contribution in [0.5, 0.6) is 0 Å². The summed E-state index contributed by atoms with van der Waals surface area (Å²) in [6.45, 7) is 4.82. The fraction of sp³-hybridized carbons (Fsp3) is 0.478. The quantitative estimate of drug-likeness (QED) is 0.628. The summed E-state index contributed by atoms with van der Waals surface area (Å²) in [4.78, 5) is 34.9. The van der Waals surface area contributed by atoms with Gasteiger partial charge in [-0.3, -0.25) is 9.59 Å². The summed E-state index contributed by atoms with van der Waals surface area (Å²) < 4.78 is 1.38. The molecule has 5 rings (SSSR count). The monoisotopic (exact) mass is 437 g/mol. The number of rotatable bonds is 3. The molecule has 1 aliphatic heterocycles. The molecule has 0 spiro atoms. The number of anilines is 1. The zero-order chi connectivity index (χ0) is 21.4. The van der Waals surface area contributed by atoms with Gasteiger partial charge in [0.15, 0.2) is 0 Å². The van der Waals surface area contributed by atoms with Crippen LogP contribution in [-0.4, -0.2) is 51.6 Å². The SMILES string of the molecule is Cc1ccc(-c2nn3c(=O)cc(N4CCN(C(=O)C5CCCCC5)CC4)nc3s2)cc1. The van der Waals surface area contributed by atoms with Crippen molar-refractivity contribution in [2.24, 2.45) is 5.92 Å². The zero-order valence-corrected chi connectivity index (χ0v) is 18.6. The second-order valence-corrected chi connectivity index (χ2v) is 9.52. The Labute approximate surface area is 185 Å². The number of aromatic nitrogens is 3. The number of piperazine rings is 1. The summed E-state index contributed by atoms with van der Waals surface area (Å²) in [5.74, 6) is 1.19. The van der Waals surface area contributed by atoms with E-state index in [4.69, 9.17) is 4.98 Å². The molecular weight excluding hydrogens is 410 g/mol. The highest BCUT2D eigenvalue weighted by Gasteiger charge is 2.29. The number of amides is 1. The minimum atomic E-state index is -0.171. The maximum Gasteiger partial charge on any atom is 0.277 e. The van der Waals surface area contributed by atoms with Gasteiger partial charge in [0, 0.05) is 43.7 Å². The van der Waals surface area contributed by atoms with Crippen molar-refractivity contribution in [2.75, 3.05) is 31.1 Å². The van der Waals surface area contributed by atoms with E-state index in [1.807, 2.05) is 36.1 Å². The second-order valence-electron chi connectivity index (χ2n) is 8.57.